The number of hydrazone groups is 1. The molecule has 2 aliphatic heterocycles. The Morgan fingerprint density at radius 3 is 2.57 bits per heavy atom. The van der Waals surface area contributed by atoms with Gasteiger partial charge in [0, 0.05) is 26.2 Å². The fourth-order valence-corrected chi connectivity index (χ4v) is 5.20. The molecule has 1 atom stereocenters. The van der Waals surface area contributed by atoms with Gasteiger partial charge in [0.25, 0.3) is 5.91 Å². The molecule has 0 bridgehead atoms. The minimum Gasteiger partial charge on any atom is -0.504 e. The Hall–Kier alpha value is -4.04. The summed E-state index contributed by atoms with van der Waals surface area (Å²) in [6.45, 7) is 2.29. The maximum absolute atomic E-state index is 12.9. The fraction of sp³-hybridized carbons (Fsp3) is 0.207. The summed E-state index contributed by atoms with van der Waals surface area (Å²) in [6, 6.07) is 23.4. The van der Waals surface area contributed by atoms with Crippen LogP contribution in [-0.2, 0) is 4.79 Å². The summed E-state index contributed by atoms with van der Waals surface area (Å²) in [5.74, 6) is 0.136. The predicted molar refractivity (Wildman–Crippen MR) is 150 cm³/mol. The van der Waals surface area contributed by atoms with Gasteiger partial charge in [-0.15, -0.1) is 0 Å². The van der Waals surface area contributed by atoms with Gasteiger partial charge in [-0.1, -0.05) is 48.5 Å². The highest BCUT2D eigenvalue weighted by Crippen LogP contribution is 2.40. The molecule has 0 fully saturated rings. The molecule has 0 aliphatic carbocycles. The van der Waals surface area contributed by atoms with Crippen LogP contribution in [0, 0.1) is 0 Å². The first-order chi connectivity index (χ1) is 17.9. The molecule has 1 unspecified atom stereocenters. The molecule has 5 rings (SSSR count). The second-order valence-electron chi connectivity index (χ2n) is 8.93. The van der Waals surface area contributed by atoms with Crippen molar-refractivity contribution in [2.24, 2.45) is 10.1 Å². The molecule has 3 aromatic carbocycles. The van der Waals surface area contributed by atoms with Crippen LogP contribution < -0.4 is 9.64 Å². The van der Waals surface area contributed by atoms with E-state index in [-0.39, 0.29) is 17.7 Å². The molecule has 3 aromatic rings. The number of benzene rings is 3. The number of carbonyl (C=O) groups excluding carboxylic acids is 1. The number of carbonyl (C=O) groups is 1. The van der Waals surface area contributed by atoms with Crippen LogP contribution >= 0.6 is 11.8 Å². The number of amidine groups is 1. The number of hydrogen-bond acceptors (Lipinski definition) is 7. The minimum atomic E-state index is -0.309. The molecule has 37 heavy (non-hydrogen) atoms. The molecule has 0 radical (unpaired) electrons. The summed E-state index contributed by atoms with van der Waals surface area (Å²) in [5.41, 5.74) is 4.98. The molecule has 7 nitrogen and oxygen atoms in total. The van der Waals surface area contributed by atoms with Crippen molar-refractivity contribution in [3.63, 3.8) is 0 Å². The maximum atomic E-state index is 12.9. The second kappa shape index (κ2) is 10.5. The molecular weight excluding hydrogens is 484 g/mol. The van der Waals surface area contributed by atoms with Gasteiger partial charge in [-0.2, -0.15) is 10.1 Å². The standard InChI is InChI=1S/C29H28N4O3S/c1-4-36-26-16-19(10-15-25(26)34)17-27-28(35)30-29(37-27)33-24(21-11-13-22(14-12-21)32(2)3)18-23(31-33)20-8-6-5-7-9-20/h5-17,24,34H,4,18H2,1-3H3/b27-17-. The lowest BCUT2D eigenvalue weighted by Crippen LogP contribution is -2.23. The zero-order valence-corrected chi connectivity index (χ0v) is 21.8. The van der Waals surface area contributed by atoms with Gasteiger partial charge in [0.05, 0.1) is 23.3 Å². The smallest absolute Gasteiger partial charge is 0.286 e. The number of anilines is 1. The zero-order chi connectivity index (χ0) is 25.9. The number of amides is 1. The molecule has 1 amide bonds. The minimum absolute atomic E-state index is 0.0642. The van der Waals surface area contributed by atoms with E-state index in [4.69, 9.17) is 9.84 Å². The third kappa shape index (κ3) is 5.24. The number of rotatable bonds is 6. The number of phenolic OH excluding ortho intramolecular Hbond substituents is 1. The van der Waals surface area contributed by atoms with Crippen molar-refractivity contribution >= 4 is 40.3 Å². The number of ether oxygens (including phenoxy) is 1. The van der Waals surface area contributed by atoms with Gasteiger partial charge in [-0.3, -0.25) is 4.79 Å². The lowest BCUT2D eigenvalue weighted by atomic mass is 9.98. The van der Waals surface area contributed by atoms with Crippen LogP contribution in [0.15, 0.2) is 87.8 Å². The van der Waals surface area contributed by atoms with E-state index in [0.29, 0.717) is 28.9 Å². The van der Waals surface area contributed by atoms with Gasteiger partial charge in [0.15, 0.2) is 16.7 Å². The van der Waals surface area contributed by atoms with Gasteiger partial charge in [0.2, 0.25) is 0 Å². The number of phenols is 1. The average Bonchev–Trinajstić information content (AvgIpc) is 3.51. The third-order valence-electron chi connectivity index (χ3n) is 6.20. The van der Waals surface area contributed by atoms with Crippen molar-refractivity contribution in [3.8, 4) is 11.5 Å². The van der Waals surface area contributed by atoms with Crippen molar-refractivity contribution in [1.29, 1.82) is 0 Å². The second-order valence-corrected chi connectivity index (χ2v) is 9.94. The van der Waals surface area contributed by atoms with Crippen molar-refractivity contribution in [2.45, 2.75) is 19.4 Å². The molecule has 0 aromatic heterocycles. The Kier molecular flexibility index (Phi) is 7.01. The highest BCUT2D eigenvalue weighted by atomic mass is 32.2. The zero-order valence-electron chi connectivity index (χ0n) is 21.0. The van der Waals surface area contributed by atoms with Crippen LogP contribution in [0.5, 0.6) is 11.5 Å². The van der Waals surface area contributed by atoms with Crippen LogP contribution in [0.2, 0.25) is 0 Å². The van der Waals surface area contributed by atoms with Crippen molar-refractivity contribution < 1.29 is 14.6 Å². The maximum Gasteiger partial charge on any atom is 0.286 e. The number of aliphatic imine (C=N–C) groups is 1. The van der Waals surface area contributed by atoms with E-state index in [1.54, 1.807) is 24.3 Å². The van der Waals surface area contributed by atoms with Crippen LogP contribution in [0.1, 0.15) is 36.1 Å². The van der Waals surface area contributed by atoms with E-state index in [1.807, 2.05) is 44.2 Å². The number of nitrogens with zero attached hydrogens (tertiary/aromatic N) is 4. The third-order valence-corrected chi connectivity index (χ3v) is 7.17. The van der Waals surface area contributed by atoms with Crippen LogP contribution in [0.3, 0.4) is 0 Å². The first-order valence-corrected chi connectivity index (χ1v) is 12.9. The molecule has 188 valence electrons. The summed E-state index contributed by atoms with van der Waals surface area (Å²) >= 11 is 1.31. The Morgan fingerprint density at radius 2 is 1.86 bits per heavy atom. The average molecular weight is 513 g/mol. The monoisotopic (exact) mass is 512 g/mol. The largest absolute Gasteiger partial charge is 0.504 e. The predicted octanol–water partition coefficient (Wildman–Crippen LogP) is 5.68. The highest BCUT2D eigenvalue weighted by Gasteiger charge is 2.36. The molecule has 1 N–H and O–H groups in total. The summed E-state index contributed by atoms with van der Waals surface area (Å²) in [7, 11) is 4.03. The quantitative estimate of drug-likeness (QED) is 0.428. The molecule has 0 spiro atoms. The summed E-state index contributed by atoms with van der Waals surface area (Å²) in [4.78, 5) is 19.8. The highest BCUT2D eigenvalue weighted by molar-refractivity contribution is 8.18. The first-order valence-electron chi connectivity index (χ1n) is 12.1. The molecule has 0 saturated carbocycles. The van der Waals surface area contributed by atoms with E-state index in [9.17, 15) is 9.90 Å². The molecule has 0 saturated heterocycles. The van der Waals surface area contributed by atoms with Crippen LogP contribution in [-0.4, -0.2) is 47.6 Å². The summed E-state index contributed by atoms with van der Waals surface area (Å²) in [6.07, 6.45) is 2.47. The van der Waals surface area contributed by atoms with Gasteiger partial charge in [-0.25, -0.2) is 5.01 Å². The molecular formula is C29H28N4O3S. The van der Waals surface area contributed by atoms with E-state index in [1.165, 1.54) is 11.8 Å². The fourth-order valence-electron chi connectivity index (χ4n) is 4.29. The summed E-state index contributed by atoms with van der Waals surface area (Å²) < 4.78 is 5.48. The van der Waals surface area contributed by atoms with Gasteiger partial charge >= 0.3 is 0 Å². The van der Waals surface area contributed by atoms with Gasteiger partial charge in [0.1, 0.15) is 0 Å². The molecule has 2 aliphatic rings. The van der Waals surface area contributed by atoms with Crippen molar-refractivity contribution in [2.75, 3.05) is 25.6 Å². The van der Waals surface area contributed by atoms with E-state index >= 15 is 0 Å². The Balaban J connectivity index is 1.45. The topological polar surface area (TPSA) is 77.7 Å². The Bertz CT molecular complexity index is 1400. The van der Waals surface area contributed by atoms with E-state index in [2.05, 4.69) is 46.3 Å². The lowest BCUT2D eigenvalue weighted by molar-refractivity contribution is -0.113. The van der Waals surface area contributed by atoms with Gasteiger partial charge < -0.3 is 14.7 Å². The Labute approximate surface area is 220 Å². The molecule has 2 heterocycles. The van der Waals surface area contributed by atoms with Crippen molar-refractivity contribution in [1.82, 2.24) is 5.01 Å². The summed E-state index contributed by atoms with van der Waals surface area (Å²) in [5, 5.41) is 17.4. The molecule has 8 heteroatoms. The van der Waals surface area contributed by atoms with Gasteiger partial charge in [-0.05, 0) is 65.7 Å². The first kappa shape index (κ1) is 24.6. The van der Waals surface area contributed by atoms with E-state index < -0.39 is 0 Å². The number of aromatic hydroxyl groups is 1. The number of hydrogen-bond donors (Lipinski definition) is 1. The van der Waals surface area contributed by atoms with Crippen LogP contribution in [0.25, 0.3) is 6.08 Å². The van der Waals surface area contributed by atoms with E-state index in [0.717, 1.165) is 28.1 Å². The number of thioether (sulfide) groups is 1. The lowest BCUT2D eigenvalue weighted by Gasteiger charge is -2.23. The SMILES string of the molecule is CCOc1cc(/C=C2\SC(N3N=C(c4ccccc4)CC3c3ccc(N(C)C)cc3)=NC2=O)ccc1O. The van der Waals surface area contributed by atoms with Crippen molar-refractivity contribution in [3.05, 3.63) is 94.4 Å². The normalized spacial score (nSPS) is 18.2. The van der Waals surface area contributed by atoms with Crippen LogP contribution in [0.4, 0.5) is 5.69 Å². The Morgan fingerprint density at radius 1 is 1.11 bits per heavy atom.